The van der Waals surface area contributed by atoms with Gasteiger partial charge in [-0.2, -0.15) is 0 Å². The van der Waals surface area contributed by atoms with Crippen molar-refractivity contribution in [2.24, 2.45) is 0 Å². The van der Waals surface area contributed by atoms with Crippen molar-refractivity contribution >= 4 is 46.6 Å². The van der Waals surface area contributed by atoms with Crippen LogP contribution in [0.25, 0.3) is 21.7 Å². The molecule has 4 rings (SSSR count). The second kappa shape index (κ2) is 8.86. The summed E-state index contributed by atoms with van der Waals surface area (Å²) >= 11 is 0. The number of nitrogens with one attached hydrogen (secondary N) is 1. The number of phenolic OH excluding ortho intramolecular Hbond substituents is 1. The van der Waals surface area contributed by atoms with E-state index in [2.05, 4.69) is 10.3 Å². The van der Waals surface area contributed by atoms with Gasteiger partial charge < -0.3 is 14.8 Å². The Kier molecular flexibility index (Phi) is 6.80. The lowest BCUT2D eigenvalue weighted by Crippen LogP contribution is -2.13. The van der Waals surface area contributed by atoms with Gasteiger partial charge in [0.25, 0.3) is 0 Å². The fraction of sp³-hybridized carbons (Fsp3) is 0.100. The molecule has 2 N–H and O–H groups in total. The van der Waals surface area contributed by atoms with Crippen LogP contribution in [-0.2, 0) is 13.1 Å². The minimum absolute atomic E-state index is 0. The third kappa shape index (κ3) is 4.06. The zero-order valence-corrected chi connectivity index (χ0v) is 15.8. The smallest absolute Gasteiger partial charge is 0.344 e. The molecule has 0 spiro atoms. The Morgan fingerprint density at radius 3 is 2.33 bits per heavy atom. The van der Waals surface area contributed by atoms with Gasteiger partial charge >= 0.3 is 5.63 Å². The zero-order chi connectivity index (χ0) is 17.2. The summed E-state index contributed by atoms with van der Waals surface area (Å²) < 4.78 is 5.52. The van der Waals surface area contributed by atoms with Gasteiger partial charge in [-0.05, 0) is 41.3 Å². The molecule has 2 aromatic heterocycles. The number of rotatable bonds is 4. The van der Waals surface area contributed by atoms with E-state index in [1.807, 2.05) is 30.3 Å². The first-order chi connectivity index (χ1) is 12.2. The summed E-state index contributed by atoms with van der Waals surface area (Å²) in [4.78, 5) is 16.3. The van der Waals surface area contributed by atoms with E-state index in [1.54, 1.807) is 30.6 Å². The highest BCUT2D eigenvalue weighted by molar-refractivity contribution is 6.05. The van der Waals surface area contributed by atoms with Crippen LogP contribution in [0, 0.1) is 0 Å². The van der Waals surface area contributed by atoms with Crippen LogP contribution < -0.4 is 10.9 Å². The summed E-state index contributed by atoms with van der Waals surface area (Å²) in [6.07, 6.45) is 3.47. The van der Waals surface area contributed by atoms with E-state index in [4.69, 9.17) is 4.42 Å². The van der Waals surface area contributed by atoms with E-state index < -0.39 is 5.63 Å². The molecule has 27 heavy (non-hydrogen) atoms. The molecule has 7 heteroatoms. The molecule has 0 fully saturated rings. The monoisotopic (exact) mass is 404 g/mol. The number of pyridine rings is 1. The van der Waals surface area contributed by atoms with Crippen LogP contribution in [0.15, 0.2) is 70.1 Å². The molecule has 0 unspecified atom stereocenters. The molecular weight excluding hydrogens is 387 g/mol. The Morgan fingerprint density at radius 1 is 0.889 bits per heavy atom. The third-order valence-electron chi connectivity index (χ3n) is 4.25. The normalized spacial score (nSPS) is 10.4. The predicted molar refractivity (Wildman–Crippen MR) is 111 cm³/mol. The van der Waals surface area contributed by atoms with Crippen molar-refractivity contribution in [2.75, 3.05) is 0 Å². The summed E-state index contributed by atoms with van der Waals surface area (Å²) in [6.45, 7) is 1.00. The molecule has 0 aliphatic carbocycles. The van der Waals surface area contributed by atoms with E-state index in [9.17, 15) is 9.90 Å². The molecule has 0 saturated heterocycles. The minimum Gasteiger partial charge on any atom is -0.507 e. The first-order valence-electron chi connectivity index (χ1n) is 8.00. The highest BCUT2D eigenvalue weighted by Gasteiger charge is 2.13. The molecule has 2 aromatic carbocycles. The largest absolute Gasteiger partial charge is 0.507 e. The number of aromatic nitrogens is 1. The molecule has 0 aliphatic heterocycles. The van der Waals surface area contributed by atoms with Gasteiger partial charge in [0.1, 0.15) is 11.3 Å². The zero-order valence-electron chi connectivity index (χ0n) is 14.2. The average Bonchev–Trinajstić information content (AvgIpc) is 2.65. The summed E-state index contributed by atoms with van der Waals surface area (Å²) in [6, 6.07) is 14.6. The van der Waals surface area contributed by atoms with Crippen molar-refractivity contribution in [3.8, 4) is 5.75 Å². The highest BCUT2D eigenvalue weighted by Crippen LogP contribution is 2.30. The fourth-order valence-electron chi connectivity index (χ4n) is 2.99. The van der Waals surface area contributed by atoms with Crippen LogP contribution in [0.5, 0.6) is 5.75 Å². The van der Waals surface area contributed by atoms with Crippen molar-refractivity contribution in [3.63, 3.8) is 0 Å². The molecule has 4 aromatic rings. The number of fused-ring (bicyclic) bond motifs is 3. The number of hydrogen-bond donors (Lipinski definition) is 2. The van der Waals surface area contributed by atoms with Crippen molar-refractivity contribution in [1.29, 1.82) is 0 Å². The van der Waals surface area contributed by atoms with Crippen molar-refractivity contribution < 1.29 is 9.52 Å². The van der Waals surface area contributed by atoms with E-state index >= 15 is 0 Å². The first kappa shape index (κ1) is 20.7. The maximum atomic E-state index is 12.3. The highest BCUT2D eigenvalue weighted by atomic mass is 35.5. The van der Waals surface area contributed by atoms with Gasteiger partial charge in [-0.1, -0.05) is 18.2 Å². The molecule has 0 amide bonds. The average molecular weight is 405 g/mol. The second-order valence-corrected chi connectivity index (χ2v) is 5.83. The first-order valence-corrected chi connectivity index (χ1v) is 8.00. The standard InChI is InChI=1S/C20H16N2O3.2ClH/c23-18-6-5-15-14-3-1-2-4-16(14)20(24)25-19(15)17(18)12-22-11-13-7-9-21-10-8-13;;/h1-10,22-23H,11-12H2;2*1H. The van der Waals surface area contributed by atoms with Crippen LogP contribution in [0.1, 0.15) is 11.1 Å². The topological polar surface area (TPSA) is 75.4 Å². The lowest BCUT2D eigenvalue weighted by Gasteiger charge is -2.11. The van der Waals surface area contributed by atoms with E-state index in [0.717, 1.165) is 16.3 Å². The van der Waals surface area contributed by atoms with E-state index in [1.165, 1.54) is 0 Å². The molecule has 0 bridgehead atoms. The Labute approximate surface area is 167 Å². The molecule has 5 nitrogen and oxygen atoms in total. The number of benzene rings is 2. The maximum Gasteiger partial charge on any atom is 0.344 e. The Bertz CT molecular complexity index is 1110. The molecule has 140 valence electrons. The van der Waals surface area contributed by atoms with Crippen molar-refractivity contribution in [2.45, 2.75) is 13.1 Å². The molecule has 2 heterocycles. The van der Waals surface area contributed by atoms with Crippen LogP contribution in [-0.4, -0.2) is 10.1 Å². The van der Waals surface area contributed by atoms with Crippen molar-refractivity contribution in [3.05, 3.63) is 82.5 Å². The number of aromatic hydroxyl groups is 1. The van der Waals surface area contributed by atoms with E-state index in [-0.39, 0.29) is 30.6 Å². The van der Waals surface area contributed by atoms with Crippen LogP contribution in [0.2, 0.25) is 0 Å². The van der Waals surface area contributed by atoms with Gasteiger partial charge in [0.05, 0.1) is 10.9 Å². The second-order valence-electron chi connectivity index (χ2n) is 5.83. The molecule has 0 atom stereocenters. The van der Waals surface area contributed by atoms with Gasteiger partial charge in [-0.3, -0.25) is 4.98 Å². The Hall–Kier alpha value is -2.60. The van der Waals surface area contributed by atoms with Gasteiger partial charge in [-0.15, -0.1) is 24.8 Å². The summed E-state index contributed by atoms with van der Waals surface area (Å²) in [5, 5.41) is 15.7. The predicted octanol–water partition coefficient (Wildman–Crippen LogP) is 4.18. The number of phenols is 1. The fourth-order valence-corrected chi connectivity index (χ4v) is 2.99. The molecule has 0 saturated carbocycles. The summed E-state index contributed by atoms with van der Waals surface area (Å²) in [5.41, 5.74) is 1.69. The van der Waals surface area contributed by atoms with Crippen molar-refractivity contribution in [1.82, 2.24) is 10.3 Å². The third-order valence-corrected chi connectivity index (χ3v) is 4.25. The van der Waals surface area contributed by atoms with Crippen LogP contribution in [0.4, 0.5) is 0 Å². The van der Waals surface area contributed by atoms with Gasteiger partial charge in [-0.25, -0.2) is 4.79 Å². The maximum absolute atomic E-state index is 12.3. The lowest BCUT2D eigenvalue weighted by atomic mass is 10.0. The van der Waals surface area contributed by atoms with Crippen LogP contribution >= 0.6 is 24.8 Å². The van der Waals surface area contributed by atoms with Crippen LogP contribution in [0.3, 0.4) is 0 Å². The van der Waals surface area contributed by atoms with Gasteiger partial charge in [0.2, 0.25) is 0 Å². The Morgan fingerprint density at radius 2 is 1.59 bits per heavy atom. The van der Waals surface area contributed by atoms with Gasteiger partial charge in [0.15, 0.2) is 0 Å². The summed E-state index contributed by atoms with van der Waals surface area (Å²) in [7, 11) is 0. The number of hydrogen-bond acceptors (Lipinski definition) is 5. The Balaban J connectivity index is 0.00000131. The SMILES string of the molecule is Cl.Cl.O=c1oc2c(CNCc3ccncc3)c(O)ccc2c2ccccc12. The summed E-state index contributed by atoms with van der Waals surface area (Å²) in [5.74, 6) is 0.105. The quantitative estimate of drug-likeness (QED) is 0.394. The lowest BCUT2D eigenvalue weighted by molar-refractivity contribution is 0.461. The molecule has 0 aliphatic rings. The minimum atomic E-state index is -0.399. The number of halogens is 2. The van der Waals surface area contributed by atoms with E-state index in [0.29, 0.717) is 29.6 Å². The van der Waals surface area contributed by atoms with Gasteiger partial charge in [0, 0.05) is 30.9 Å². The molecular formula is C20H18Cl2N2O3. The molecule has 0 radical (unpaired) electrons. The number of nitrogens with zero attached hydrogens (tertiary/aromatic N) is 1.